The first kappa shape index (κ1) is 24.1. The van der Waals surface area contributed by atoms with Gasteiger partial charge in [-0.1, -0.05) is 83.6 Å². The van der Waals surface area contributed by atoms with E-state index in [4.69, 9.17) is 16.3 Å². The molecule has 1 N–H and O–H groups in total. The second-order valence-electron chi connectivity index (χ2n) is 7.77. The quantitative estimate of drug-likeness (QED) is 0.291. The van der Waals surface area contributed by atoms with E-state index in [0.29, 0.717) is 24.6 Å². The lowest BCUT2D eigenvalue weighted by Gasteiger charge is -2.29. The van der Waals surface area contributed by atoms with E-state index < -0.39 is 10.8 Å². The number of rotatable bonds is 13. The summed E-state index contributed by atoms with van der Waals surface area (Å²) in [6, 6.07) is 7.63. The van der Waals surface area contributed by atoms with E-state index in [1.807, 2.05) is 26.0 Å². The van der Waals surface area contributed by atoms with Crippen LogP contribution in [0, 0.1) is 5.92 Å². The van der Waals surface area contributed by atoms with E-state index >= 15 is 0 Å². The highest BCUT2D eigenvalue weighted by Gasteiger charge is 2.42. The summed E-state index contributed by atoms with van der Waals surface area (Å²) in [7, 11) is 0. The minimum atomic E-state index is -1.43. The molecule has 1 heterocycles. The predicted octanol–water partition coefficient (Wildman–Crippen LogP) is 6.45. The Morgan fingerprint density at radius 1 is 1.03 bits per heavy atom. The molecule has 6 heteroatoms. The lowest BCUT2D eigenvalue weighted by molar-refractivity contribution is -0.142. The second kappa shape index (κ2) is 11.9. The van der Waals surface area contributed by atoms with Crippen LogP contribution in [0.4, 0.5) is 0 Å². The number of nitrogens with zero attached hydrogens (tertiary/aromatic N) is 2. The third kappa shape index (κ3) is 6.18. The van der Waals surface area contributed by atoms with Crippen LogP contribution in [-0.4, -0.2) is 27.7 Å². The van der Waals surface area contributed by atoms with E-state index in [1.165, 1.54) is 32.1 Å². The zero-order valence-corrected chi connectivity index (χ0v) is 19.0. The molecule has 0 bridgehead atoms. The Hall–Kier alpha value is -2.14. The van der Waals surface area contributed by atoms with Gasteiger partial charge in [0.2, 0.25) is 0 Å². The number of ether oxygens (including phenoxy) is 1. The zero-order valence-electron chi connectivity index (χ0n) is 18.2. The van der Waals surface area contributed by atoms with Crippen molar-refractivity contribution in [3.8, 4) is 17.1 Å². The molecular formula is C24H33ClN2O3. The maximum Gasteiger partial charge on any atom is 0.329 e. The van der Waals surface area contributed by atoms with Crippen LogP contribution in [0.25, 0.3) is 11.1 Å². The van der Waals surface area contributed by atoms with Crippen molar-refractivity contribution in [1.29, 1.82) is 0 Å². The fraction of sp³-hybridized carbons (Fsp3) is 0.542. The van der Waals surface area contributed by atoms with Gasteiger partial charge in [0.15, 0.2) is 4.87 Å². The summed E-state index contributed by atoms with van der Waals surface area (Å²) in [6.07, 6.45) is 11.4. The summed E-state index contributed by atoms with van der Waals surface area (Å²) in [5.74, 6) is -1.23. The Bertz CT molecular complexity index is 780. The van der Waals surface area contributed by atoms with Crippen molar-refractivity contribution in [2.75, 3.05) is 6.61 Å². The molecule has 0 aliphatic rings. The molecule has 0 aliphatic heterocycles. The molecule has 0 saturated carbocycles. The highest BCUT2D eigenvalue weighted by Crippen LogP contribution is 2.39. The van der Waals surface area contributed by atoms with E-state index in [0.717, 1.165) is 17.5 Å². The highest BCUT2D eigenvalue weighted by molar-refractivity contribution is 6.33. The van der Waals surface area contributed by atoms with Crippen LogP contribution < -0.4 is 4.74 Å². The molecular weight excluding hydrogens is 400 g/mol. The average Bonchev–Trinajstić information content (AvgIpc) is 2.77. The van der Waals surface area contributed by atoms with Crippen molar-refractivity contribution in [1.82, 2.24) is 9.97 Å². The maximum atomic E-state index is 11.8. The number of carbonyl (C=O) groups is 1. The van der Waals surface area contributed by atoms with E-state index in [2.05, 4.69) is 16.9 Å². The molecule has 30 heavy (non-hydrogen) atoms. The second-order valence-corrected chi connectivity index (χ2v) is 8.37. The molecule has 164 valence electrons. The average molecular weight is 433 g/mol. The molecule has 0 fully saturated rings. The van der Waals surface area contributed by atoms with Gasteiger partial charge in [-0.3, -0.25) is 0 Å². The number of hydrogen-bond donors (Lipinski definition) is 1. The van der Waals surface area contributed by atoms with Gasteiger partial charge in [0.1, 0.15) is 0 Å². The summed E-state index contributed by atoms with van der Waals surface area (Å²) in [5, 5.41) is 9.68. The Kier molecular flexibility index (Phi) is 9.57. The number of carboxylic acid groups (broad SMARTS) is 1. The number of alkyl halides is 1. The highest BCUT2D eigenvalue weighted by atomic mass is 35.5. The molecule has 0 saturated heterocycles. The van der Waals surface area contributed by atoms with Crippen LogP contribution in [0.3, 0.4) is 0 Å². The van der Waals surface area contributed by atoms with Crippen LogP contribution in [-0.2, 0) is 9.67 Å². The third-order valence-electron chi connectivity index (χ3n) is 5.60. The zero-order chi connectivity index (χ0) is 22.0. The summed E-state index contributed by atoms with van der Waals surface area (Å²) >= 11 is 6.52. The van der Waals surface area contributed by atoms with Crippen LogP contribution in [0.2, 0.25) is 0 Å². The Morgan fingerprint density at radius 2 is 1.63 bits per heavy atom. The Morgan fingerprint density at radius 3 is 2.20 bits per heavy atom. The van der Waals surface area contributed by atoms with Gasteiger partial charge >= 0.3 is 12.0 Å². The molecule has 0 aliphatic carbocycles. The van der Waals surface area contributed by atoms with Crippen molar-refractivity contribution in [3.05, 3.63) is 42.2 Å². The molecule has 1 aromatic heterocycles. The largest absolute Gasteiger partial charge is 0.480 e. The normalized spacial score (nSPS) is 14.1. The maximum absolute atomic E-state index is 11.8. The number of aliphatic carboxylic acids is 1. The number of benzene rings is 1. The number of unbranched alkanes of at least 4 members (excludes halogenated alkanes) is 5. The van der Waals surface area contributed by atoms with Gasteiger partial charge in [-0.15, -0.1) is 11.6 Å². The van der Waals surface area contributed by atoms with Gasteiger partial charge in [0.05, 0.1) is 6.61 Å². The lowest BCUT2D eigenvalue weighted by Crippen LogP contribution is -2.36. The molecule has 2 atom stereocenters. The third-order valence-corrected chi connectivity index (χ3v) is 6.35. The molecule has 0 radical (unpaired) electrons. The Labute approximate surface area is 184 Å². The van der Waals surface area contributed by atoms with Gasteiger partial charge in [-0.25, -0.2) is 14.8 Å². The van der Waals surface area contributed by atoms with Crippen LogP contribution in [0.15, 0.2) is 36.7 Å². The molecule has 5 nitrogen and oxygen atoms in total. The first-order chi connectivity index (χ1) is 14.4. The first-order valence-electron chi connectivity index (χ1n) is 10.9. The number of hydrogen-bond acceptors (Lipinski definition) is 4. The van der Waals surface area contributed by atoms with E-state index in [1.54, 1.807) is 24.5 Å². The fourth-order valence-electron chi connectivity index (χ4n) is 3.39. The number of carboxylic acids is 1. The number of aromatic nitrogens is 2. The van der Waals surface area contributed by atoms with Crippen molar-refractivity contribution < 1.29 is 14.6 Å². The molecule has 1 unspecified atom stereocenters. The Balaban J connectivity index is 1.96. The van der Waals surface area contributed by atoms with Crippen molar-refractivity contribution >= 4 is 17.6 Å². The van der Waals surface area contributed by atoms with Gasteiger partial charge in [0, 0.05) is 18.0 Å². The van der Waals surface area contributed by atoms with Gasteiger partial charge in [0.25, 0.3) is 0 Å². The van der Waals surface area contributed by atoms with Gasteiger partial charge < -0.3 is 9.84 Å². The summed E-state index contributed by atoms with van der Waals surface area (Å²) in [5.41, 5.74) is 2.32. The van der Waals surface area contributed by atoms with Crippen molar-refractivity contribution in [3.63, 3.8) is 0 Å². The molecule has 2 rings (SSSR count). The SMILES string of the molecule is CCCCCCCCOc1ncc(-c2ccc([C@](Cl)(C(=O)O)C(C)CC)cc2)cn1. The van der Waals surface area contributed by atoms with Crippen molar-refractivity contribution in [2.45, 2.75) is 70.6 Å². The summed E-state index contributed by atoms with van der Waals surface area (Å²) in [6.45, 7) is 6.63. The van der Waals surface area contributed by atoms with E-state index in [9.17, 15) is 9.90 Å². The molecule has 2 aromatic rings. The smallest absolute Gasteiger partial charge is 0.329 e. The van der Waals surface area contributed by atoms with Crippen LogP contribution >= 0.6 is 11.6 Å². The van der Waals surface area contributed by atoms with E-state index in [-0.39, 0.29) is 5.92 Å². The molecule has 1 aromatic carbocycles. The lowest BCUT2D eigenvalue weighted by atomic mass is 9.84. The predicted molar refractivity (Wildman–Crippen MR) is 121 cm³/mol. The topological polar surface area (TPSA) is 72.3 Å². The van der Waals surface area contributed by atoms with Gasteiger partial charge in [-0.05, 0) is 23.5 Å². The minimum absolute atomic E-state index is 0.200. The fourth-order valence-corrected chi connectivity index (χ4v) is 3.67. The van der Waals surface area contributed by atoms with Crippen LogP contribution in [0.5, 0.6) is 6.01 Å². The standard InChI is InChI=1S/C24H33ClN2O3/c1-4-6-7-8-9-10-15-30-23-26-16-20(17-27-23)19-11-13-21(14-12-19)24(25,22(28)29)18(3)5-2/h11-14,16-18H,4-10,15H2,1-3H3,(H,28,29)/t18?,24-/m0/s1. The minimum Gasteiger partial charge on any atom is -0.480 e. The monoisotopic (exact) mass is 432 g/mol. The van der Waals surface area contributed by atoms with Crippen LogP contribution in [0.1, 0.15) is 71.3 Å². The summed E-state index contributed by atoms with van der Waals surface area (Å²) < 4.78 is 5.63. The number of halogens is 1. The summed E-state index contributed by atoms with van der Waals surface area (Å²) in [4.78, 5) is 19.0. The first-order valence-corrected chi connectivity index (χ1v) is 11.3. The van der Waals surface area contributed by atoms with Gasteiger partial charge in [-0.2, -0.15) is 0 Å². The van der Waals surface area contributed by atoms with Crippen molar-refractivity contribution in [2.24, 2.45) is 5.92 Å². The molecule has 0 spiro atoms. The molecule has 0 amide bonds.